The van der Waals surface area contributed by atoms with Crippen LogP contribution in [0, 0.1) is 0 Å². The summed E-state index contributed by atoms with van der Waals surface area (Å²) in [6, 6.07) is 5.34. The molecule has 0 bridgehead atoms. The monoisotopic (exact) mass is 208 g/mol. The summed E-state index contributed by atoms with van der Waals surface area (Å²) in [4.78, 5) is 11.0. The molecule has 0 heterocycles. The molecule has 82 valence electrons. The first-order valence-corrected chi connectivity index (χ1v) is 5.18. The second kappa shape index (κ2) is 5.39. The number of hydrogen-bond donors (Lipinski definition) is 1. The number of rotatable bonds is 5. The molecule has 1 N–H and O–H groups in total. The van der Waals surface area contributed by atoms with E-state index < -0.39 is 5.97 Å². The lowest BCUT2D eigenvalue weighted by Crippen LogP contribution is -2.03. The van der Waals surface area contributed by atoms with Crippen LogP contribution in [0.25, 0.3) is 0 Å². The quantitative estimate of drug-likeness (QED) is 0.809. The van der Waals surface area contributed by atoms with Crippen LogP contribution in [-0.2, 0) is 6.42 Å². The molecule has 0 aromatic heterocycles. The summed E-state index contributed by atoms with van der Waals surface area (Å²) < 4.78 is 5.25. The molecule has 0 atom stereocenters. The van der Waals surface area contributed by atoms with Crippen molar-refractivity contribution >= 4 is 5.97 Å². The lowest BCUT2D eigenvalue weighted by atomic mass is 10.1. The van der Waals surface area contributed by atoms with Crippen LogP contribution in [-0.4, -0.2) is 17.7 Å². The van der Waals surface area contributed by atoms with Gasteiger partial charge in [0.1, 0.15) is 11.3 Å². The number of carboxylic acid groups (broad SMARTS) is 1. The standard InChI is InChI=1S/C12H16O3/c1-3-5-9-6-7-11(15-4-2)10(8-9)12(13)14/h6-8H,3-5H2,1-2H3,(H,13,14). The van der Waals surface area contributed by atoms with E-state index in [2.05, 4.69) is 6.92 Å². The summed E-state index contributed by atoms with van der Waals surface area (Å²) in [6.45, 7) is 4.38. The maximum Gasteiger partial charge on any atom is 0.339 e. The van der Waals surface area contributed by atoms with Crippen LogP contribution < -0.4 is 4.74 Å². The van der Waals surface area contributed by atoms with Crippen molar-refractivity contribution in [3.8, 4) is 5.75 Å². The maximum atomic E-state index is 11.0. The van der Waals surface area contributed by atoms with Crippen molar-refractivity contribution in [2.45, 2.75) is 26.7 Å². The molecule has 0 saturated heterocycles. The Hall–Kier alpha value is -1.51. The van der Waals surface area contributed by atoms with Crippen molar-refractivity contribution in [1.82, 2.24) is 0 Å². The predicted octanol–water partition coefficient (Wildman–Crippen LogP) is 2.74. The number of carbonyl (C=O) groups is 1. The molecule has 0 fully saturated rings. The van der Waals surface area contributed by atoms with Gasteiger partial charge in [0.15, 0.2) is 0 Å². The molecular formula is C12H16O3. The summed E-state index contributed by atoms with van der Waals surface area (Å²) in [5.41, 5.74) is 1.29. The zero-order chi connectivity index (χ0) is 11.3. The fourth-order valence-electron chi connectivity index (χ4n) is 1.47. The Balaban J connectivity index is 3.03. The number of aromatic carboxylic acids is 1. The molecule has 0 aliphatic heterocycles. The van der Waals surface area contributed by atoms with Crippen molar-refractivity contribution in [3.05, 3.63) is 29.3 Å². The Labute approximate surface area is 89.7 Å². The van der Waals surface area contributed by atoms with Crippen molar-refractivity contribution in [1.29, 1.82) is 0 Å². The Bertz CT molecular complexity index is 345. The van der Waals surface area contributed by atoms with Gasteiger partial charge in [0.25, 0.3) is 0 Å². The molecule has 0 amide bonds. The SMILES string of the molecule is CCCc1ccc(OCC)c(C(=O)O)c1. The van der Waals surface area contributed by atoms with E-state index in [4.69, 9.17) is 9.84 Å². The third kappa shape index (κ3) is 2.98. The lowest BCUT2D eigenvalue weighted by molar-refractivity contribution is 0.0692. The molecule has 1 aromatic carbocycles. The van der Waals surface area contributed by atoms with Gasteiger partial charge in [0, 0.05) is 0 Å². The van der Waals surface area contributed by atoms with E-state index in [1.165, 1.54) is 0 Å². The van der Waals surface area contributed by atoms with E-state index in [1.807, 2.05) is 13.0 Å². The van der Waals surface area contributed by atoms with Gasteiger partial charge in [-0.2, -0.15) is 0 Å². The topological polar surface area (TPSA) is 46.5 Å². The van der Waals surface area contributed by atoms with E-state index in [0.29, 0.717) is 12.4 Å². The van der Waals surface area contributed by atoms with E-state index in [1.54, 1.807) is 12.1 Å². The molecule has 0 spiro atoms. The van der Waals surface area contributed by atoms with Gasteiger partial charge in [0.2, 0.25) is 0 Å². The number of benzene rings is 1. The minimum Gasteiger partial charge on any atom is -0.493 e. The minimum atomic E-state index is -0.934. The molecule has 3 heteroatoms. The number of hydrogen-bond acceptors (Lipinski definition) is 2. The smallest absolute Gasteiger partial charge is 0.339 e. The highest BCUT2D eigenvalue weighted by molar-refractivity contribution is 5.91. The Morgan fingerprint density at radius 2 is 2.13 bits per heavy atom. The first-order valence-electron chi connectivity index (χ1n) is 5.18. The highest BCUT2D eigenvalue weighted by Crippen LogP contribution is 2.21. The number of ether oxygens (including phenoxy) is 1. The van der Waals surface area contributed by atoms with Crippen molar-refractivity contribution in [2.24, 2.45) is 0 Å². The van der Waals surface area contributed by atoms with Gasteiger partial charge >= 0.3 is 5.97 Å². The molecule has 0 aliphatic rings. The Kier molecular flexibility index (Phi) is 4.16. The molecule has 3 nitrogen and oxygen atoms in total. The van der Waals surface area contributed by atoms with Crippen LogP contribution in [0.3, 0.4) is 0 Å². The van der Waals surface area contributed by atoms with E-state index in [9.17, 15) is 4.79 Å². The second-order valence-electron chi connectivity index (χ2n) is 3.32. The largest absolute Gasteiger partial charge is 0.493 e. The van der Waals surface area contributed by atoms with Crippen molar-refractivity contribution < 1.29 is 14.6 Å². The first-order chi connectivity index (χ1) is 7.19. The van der Waals surface area contributed by atoms with Gasteiger partial charge in [-0.25, -0.2) is 4.79 Å². The zero-order valence-corrected chi connectivity index (χ0v) is 9.12. The van der Waals surface area contributed by atoms with E-state index >= 15 is 0 Å². The molecule has 0 aliphatic carbocycles. The molecule has 1 aromatic rings. The summed E-state index contributed by atoms with van der Waals surface area (Å²) in [6.07, 6.45) is 1.90. The van der Waals surface area contributed by atoms with Crippen LogP contribution in [0.5, 0.6) is 5.75 Å². The normalized spacial score (nSPS) is 10.0. The molecule has 0 radical (unpaired) electrons. The number of aryl methyl sites for hydroxylation is 1. The highest BCUT2D eigenvalue weighted by Gasteiger charge is 2.11. The van der Waals surface area contributed by atoms with E-state index in [0.717, 1.165) is 18.4 Å². The van der Waals surface area contributed by atoms with Gasteiger partial charge in [-0.1, -0.05) is 19.4 Å². The van der Waals surface area contributed by atoms with Crippen molar-refractivity contribution in [3.63, 3.8) is 0 Å². The summed E-state index contributed by atoms with van der Waals surface area (Å²) >= 11 is 0. The van der Waals surface area contributed by atoms with Crippen molar-refractivity contribution in [2.75, 3.05) is 6.61 Å². The fraction of sp³-hybridized carbons (Fsp3) is 0.417. The van der Waals surface area contributed by atoms with Crippen LogP contribution in [0.4, 0.5) is 0 Å². The number of carboxylic acids is 1. The minimum absolute atomic E-state index is 0.253. The summed E-state index contributed by atoms with van der Waals surface area (Å²) in [5.74, 6) is -0.485. The van der Waals surface area contributed by atoms with Gasteiger partial charge in [-0.15, -0.1) is 0 Å². The molecule has 1 rings (SSSR count). The molecule has 15 heavy (non-hydrogen) atoms. The van der Waals surface area contributed by atoms with Crippen LogP contribution >= 0.6 is 0 Å². The van der Waals surface area contributed by atoms with E-state index in [-0.39, 0.29) is 5.56 Å². The van der Waals surface area contributed by atoms with Gasteiger partial charge in [0.05, 0.1) is 6.61 Å². The third-order valence-electron chi connectivity index (χ3n) is 2.11. The van der Waals surface area contributed by atoms with Gasteiger partial charge in [-0.3, -0.25) is 0 Å². The highest BCUT2D eigenvalue weighted by atomic mass is 16.5. The summed E-state index contributed by atoms with van der Waals surface area (Å²) in [7, 11) is 0. The maximum absolute atomic E-state index is 11.0. The lowest BCUT2D eigenvalue weighted by Gasteiger charge is -2.08. The molecular weight excluding hydrogens is 192 g/mol. The van der Waals surface area contributed by atoms with Crippen LogP contribution in [0.1, 0.15) is 36.2 Å². The fourth-order valence-corrected chi connectivity index (χ4v) is 1.47. The molecule has 0 unspecified atom stereocenters. The average Bonchev–Trinajstić information content (AvgIpc) is 2.21. The van der Waals surface area contributed by atoms with Gasteiger partial charge < -0.3 is 9.84 Å². The third-order valence-corrected chi connectivity index (χ3v) is 2.11. The average molecular weight is 208 g/mol. The first kappa shape index (κ1) is 11.6. The predicted molar refractivity (Wildman–Crippen MR) is 58.6 cm³/mol. The van der Waals surface area contributed by atoms with Gasteiger partial charge in [-0.05, 0) is 31.0 Å². The zero-order valence-electron chi connectivity index (χ0n) is 9.12. The summed E-state index contributed by atoms with van der Waals surface area (Å²) in [5, 5.41) is 9.00. The van der Waals surface area contributed by atoms with Crippen LogP contribution in [0.2, 0.25) is 0 Å². The Morgan fingerprint density at radius 1 is 1.40 bits per heavy atom. The Morgan fingerprint density at radius 3 is 2.67 bits per heavy atom. The van der Waals surface area contributed by atoms with Crippen LogP contribution in [0.15, 0.2) is 18.2 Å². The molecule has 0 saturated carbocycles. The second-order valence-corrected chi connectivity index (χ2v) is 3.32.